The lowest BCUT2D eigenvalue weighted by molar-refractivity contribution is -0.110. The highest BCUT2D eigenvalue weighted by molar-refractivity contribution is 7.92. The highest BCUT2D eigenvalue weighted by atomic mass is 35.5. The van der Waals surface area contributed by atoms with E-state index >= 15 is 0 Å². The van der Waals surface area contributed by atoms with Crippen LogP contribution in [0.2, 0.25) is 5.02 Å². The number of benzene rings is 2. The Morgan fingerprint density at radius 1 is 1.16 bits per heavy atom. The third-order valence-corrected chi connectivity index (χ3v) is 6.75. The van der Waals surface area contributed by atoms with Crippen LogP contribution in [0.3, 0.4) is 0 Å². The molecule has 2 heterocycles. The number of sulfonamides is 1. The van der Waals surface area contributed by atoms with Gasteiger partial charge in [-0.3, -0.25) is 9.52 Å². The van der Waals surface area contributed by atoms with E-state index in [1.165, 1.54) is 30.3 Å². The quantitative estimate of drug-likeness (QED) is 0.413. The number of hydrogen-bond acceptors (Lipinski definition) is 4. The van der Waals surface area contributed by atoms with E-state index in [1.807, 2.05) is 0 Å². The monoisotopic (exact) mass is 471 g/mol. The van der Waals surface area contributed by atoms with Gasteiger partial charge in [-0.2, -0.15) is 0 Å². The van der Waals surface area contributed by atoms with Crippen LogP contribution in [0.15, 0.2) is 47.4 Å². The fourth-order valence-corrected chi connectivity index (χ4v) is 4.89. The van der Waals surface area contributed by atoms with Gasteiger partial charge < -0.3 is 15.4 Å². The fraction of sp³-hybridized carbons (Fsp3) is 0.0909. The van der Waals surface area contributed by atoms with E-state index in [1.54, 1.807) is 32.0 Å². The van der Waals surface area contributed by atoms with Crippen LogP contribution in [0.5, 0.6) is 0 Å². The van der Waals surface area contributed by atoms with E-state index in [2.05, 4.69) is 15.0 Å². The molecule has 0 saturated carbocycles. The van der Waals surface area contributed by atoms with Crippen LogP contribution >= 0.6 is 11.6 Å². The van der Waals surface area contributed by atoms with Gasteiger partial charge >= 0.3 is 5.97 Å². The van der Waals surface area contributed by atoms with Crippen LogP contribution in [-0.2, 0) is 14.8 Å². The molecular weight excluding hydrogens is 454 g/mol. The van der Waals surface area contributed by atoms with Crippen molar-refractivity contribution in [3.63, 3.8) is 0 Å². The van der Waals surface area contributed by atoms with Gasteiger partial charge in [0.05, 0.1) is 21.7 Å². The van der Waals surface area contributed by atoms with Gasteiger partial charge in [-0.15, -0.1) is 0 Å². The first-order valence-electron chi connectivity index (χ1n) is 9.45. The molecule has 0 unspecified atom stereocenters. The Hall–Kier alpha value is -3.56. The summed E-state index contributed by atoms with van der Waals surface area (Å²) in [5.74, 6) is -1.49. The maximum atomic E-state index is 12.9. The lowest BCUT2D eigenvalue weighted by Gasteiger charge is -2.10. The smallest absolute Gasteiger partial charge is 0.337 e. The SMILES string of the molecule is Cc1[nH]c(C=C2C(=O)Nc3ccc(S(=O)(=O)Nc4cccc(Cl)c4)cc32)c(C)c1C(=O)O. The zero-order valence-corrected chi connectivity index (χ0v) is 18.6. The second-order valence-corrected chi connectivity index (χ2v) is 9.42. The highest BCUT2D eigenvalue weighted by Crippen LogP contribution is 2.36. The molecule has 0 spiro atoms. The van der Waals surface area contributed by atoms with Crippen molar-refractivity contribution in [3.05, 3.63) is 75.6 Å². The number of carbonyl (C=O) groups is 2. The van der Waals surface area contributed by atoms with Crippen LogP contribution in [0.4, 0.5) is 11.4 Å². The first-order valence-corrected chi connectivity index (χ1v) is 11.3. The summed E-state index contributed by atoms with van der Waals surface area (Å²) < 4.78 is 28.2. The van der Waals surface area contributed by atoms with Crippen molar-refractivity contribution in [3.8, 4) is 0 Å². The van der Waals surface area contributed by atoms with E-state index in [0.29, 0.717) is 38.9 Å². The zero-order chi connectivity index (χ0) is 23.2. The Bertz CT molecular complexity index is 1420. The molecule has 10 heteroatoms. The number of carboxylic acid groups (broad SMARTS) is 1. The van der Waals surface area contributed by atoms with Crippen LogP contribution in [-0.4, -0.2) is 30.4 Å². The standard InChI is InChI=1S/C22H18ClN3O5S/c1-11-19(24-12(2)20(11)22(28)29)10-17-16-9-15(6-7-18(16)25-21(17)27)32(30,31)26-14-5-3-4-13(23)8-14/h3-10,24,26H,1-2H3,(H,25,27)(H,28,29). The number of rotatable bonds is 5. The van der Waals surface area contributed by atoms with Crippen molar-refractivity contribution in [1.82, 2.24) is 4.98 Å². The number of fused-ring (bicyclic) bond motifs is 1. The number of carboxylic acids is 1. The number of amides is 1. The van der Waals surface area contributed by atoms with E-state index < -0.39 is 21.9 Å². The number of aromatic nitrogens is 1. The Balaban J connectivity index is 1.75. The Morgan fingerprint density at radius 3 is 2.56 bits per heavy atom. The minimum atomic E-state index is -3.95. The molecule has 4 N–H and O–H groups in total. The molecule has 1 aromatic heterocycles. The molecule has 1 aliphatic heterocycles. The molecule has 2 aromatic carbocycles. The number of hydrogen-bond donors (Lipinski definition) is 4. The number of carbonyl (C=O) groups excluding carboxylic acids is 1. The summed E-state index contributed by atoms with van der Waals surface area (Å²) in [6.07, 6.45) is 1.52. The van der Waals surface area contributed by atoms with Gasteiger partial charge in [0, 0.05) is 27.7 Å². The van der Waals surface area contributed by atoms with Gasteiger partial charge in [0.2, 0.25) is 0 Å². The Morgan fingerprint density at radius 2 is 1.91 bits per heavy atom. The fourth-order valence-electron chi connectivity index (χ4n) is 3.63. The van der Waals surface area contributed by atoms with E-state index in [0.717, 1.165) is 0 Å². The minimum Gasteiger partial charge on any atom is -0.478 e. The molecule has 3 aromatic rings. The maximum Gasteiger partial charge on any atom is 0.337 e. The van der Waals surface area contributed by atoms with Crippen molar-refractivity contribution in [2.45, 2.75) is 18.7 Å². The summed E-state index contributed by atoms with van der Waals surface area (Å²) in [4.78, 5) is 27.0. The van der Waals surface area contributed by atoms with Gasteiger partial charge in [0.25, 0.3) is 15.9 Å². The third-order valence-electron chi connectivity index (χ3n) is 5.14. The second kappa shape index (κ2) is 7.85. The van der Waals surface area contributed by atoms with Crippen molar-refractivity contribution in [2.75, 3.05) is 10.0 Å². The predicted octanol–water partition coefficient (Wildman–Crippen LogP) is 4.28. The van der Waals surface area contributed by atoms with Crippen LogP contribution in [0.25, 0.3) is 11.6 Å². The number of aromatic carboxylic acids is 1. The van der Waals surface area contributed by atoms with Gasteiger partial charge in [0.1, 0.15) is 0 Å². The lowest BCUT2D eigenvalue weighted by Crippen LogP contribution is -2.13. The van der Waals surface area contributed by atoms with Crippen LogP contribution in [0.1, 0.15) is 32.9 Å². The summed E-state index contributed by atoms with van der Waals surface area (Å²) in [6, 6.07) is 10.6. The summed E-state index contributed by atoms with van der Waals surface area (Å²) in [7, 11) is -3.95. The molecule has 0 fully saturated rings. The summed E-state index contributed by atoms with van der Waals surface area (Å²) in [5, 5.41) is 12.5. The largest absolute Gasteiger partial charge is 0.478 e. The molecule has 164 valence electrons. The highest BCUT2D eigenvalue weighted by Gasteiger charge is 2.28. The van der Waals surface area contributed by atoms with Crippen LogP contribution in [0, 0.1) is 13.8 Å². The Labute approximate surface area is 189 Å². The number of anilines is 2. The number of H-pyrrole nitrogens is 1. The van der Waals surface area contributed by atoms with Gasteiger partial charge in [-0.1, -0.05) is 17.7 Å². The first-order chi connectivity index (χ1) is 15.1. The lowest BCUT2D eigenvalue weighted by atomic mass is 10.0. The number of nitrogens with one attached hydrogen (secondary N) is 3. The summed E-state index contributed by atoms with van der Waals surface area (Å²) >= 11 is 5.93. The first kappa shape index (κ1) is 21.7. The minimum absolute atomic E-state index is 0.0377. The summed E-state index contributed by atoms with van der Waals surface area (Å²) in [6.45, 7) is 3.27. The summed E-state index contributed by atoms with van der Waals surface area (Å²) in [5.41, 5.74) is 2.93. The van der Waals surface area contributed by atoms with Gasteiger partial charge in [-0.05, 0) is 61.9 Å². The molecule has 8 nitrogen and oxygen atoms in total. The molecule has 0 radical (unpaired) electrons. The zero-order valence-electron chi connectivity index (χ0n) is 17.0. The molecular formula is C22H18ClN3O5S. The van der Waals surface area contributed by atoms with Crippen molar-refractivity contribution < 1.29 is 23.1 Å². The average Bonchev–Trinajstić information content (AvgIpc) is 3.16. The third kappa shape index (κ3) is 3.88. The molecule has 0 bridgehead atoms. The number of halogens is 1. The van der Waals surface area contributed by atoms with Gasteiger partial charge in [0.15, 0.2) is 0 Å². The van der Waals surface area contributed by atoms with Crippen LogP contribution < -0.4 is 10.0 Å². The van der Waals surface area contributed by atoms with E-state index in [4.69, 9.17) is 11.6 Å². The maximum absolute atomic E-state index is 12.9. The molecule has 4 rings (SSSR count). The van der Waals surface area contributed by atoms with Crippen molar-refractivity contribution in [2.24, 2.45) is 0 Å². The normalized spacial score (nSPS) is 14.3. The van der Waals surface area contributed by atoms with Crippen molar-refractivity contribution >= 4 is 56.5 Å². The average molecular weight is 472 g/mol. The molecule has 0 aliphatic carbocycles. The molecule has 0 atom stereocenters. The van der Waals surface area contributed by atoms with Gasteiger partial charge in [-0.25, -0.2) is 13.2 Å². The Kier molecular flexibility index (Phi) is 5.31. The molecule has 0 saturated heterocycles. The van der Waals surface area contributed by atoms with Crippen molar-refractivity contribution in [1.29, 1.82) is 0 Å². The number of aryl methyl sites for hydroxylation is 1. The van der Waals surface area contributed by atoms with E-state index in [9.17, 15) is 23.1 Å². The molecule has 32 heavy (non-hydrogen) atoms. The molecule has 1 amide bonds. The number of aromatic amines is 1. The molecule has 1 aliphatic rings. The van der Waals surface area contributed by atoms with E-state index in [-0.39, 0.29) is 16.0 Å². The predicted molar refractivity (Wildman–Crippen MR) is 122 cm³/mol. The topological polar surface area (TPSA) is 128 Å². The second-order valence-electron chi connectivity index (χ2n) is 7.30.